The molecule has 4 heteroatoms. The summed E-state index contributed by atoms with van der Waals surface area (Å²) in [4.78, 5) is 11.4. The fourth-order valence-corrected chi connectivity index (χ4v) is 0.921. The van der Waals surface area contributed by atoms with Crippen molar-refractivity contribution in [1.82, 2.24) is 10.2 Å². The van der Waals surface area contributed by atoms with Gasteiger partial charge in [0.05, 0.1) is 6.26 Å². The van der Waals surface area contributed by atoms with Crippen LogP contribution in [0, 0.1) is 0 Å². The molecule has 2 aromatic rings. The third-order valence-corrected chi connectivity index (χ3v) is 1.48. The Hall–Kier alpha value is -1.84. The highest BCUT2D eigenvalue weighted by Gasteiger charge is 2.12. The molecule has 0 unspecified atom stereocenters. The minimum atomic E-state index is -0.207. The van der Waals surface area contributed by atoms with Crippen molar-refractivity contribution in [3.63, 3.8) is 0 Å². The zero-order valence-electron chi connectivity index (χ0n) is 6.15. The number of nitrogens with one attached hydrogen (secondary N) is 1. The van der Waals surface area contributed by atoms with Crippen molar-refractivity contribution < 1.29 is 9.21 Å². The standard InChI is InChI=1S/C8H6N2O2/c11-8(6-3-4-9-10-6)7-2-1-5-12-7/h1-5H,(H,9,10). The van der Waals surface area contributed by atoms with Crippen LogP contribution in [0.15, 0.2) is 35.1 Å². The number of aromatic amines is 1. The molecule has 0 atom stereocenters. The lowest BCUT2D eigenvalue weighted by molar-refractivity contribution is 0.100. The number of hydrogen-bond donors (Lipinski definition) is 1. The van der Waals surface area contributed by atoms with Crippen LogP contribution in [0.25, 0.3) is 0 Å². The summed E-state index contributed by atoms with van der Waals surface area (Å²) in [5.74, 6) is 0.100. The van der Waals surface area contributed by atoms with Crippen molar-refractivity contribution in [2.75, 3.05) is 0 Å². The van der Waals surface area contributed by atoms with E-state index in [1.165, 1.54) is 6.26 Å². The van der Waals surface area contributed by atoms with Gasteiger partial charge in [-0.2, -0.15) is 5.10 Å². The van der Waals surface area contributed by atoms with E-state index in [1.54, 1.807) is 24.4 Å². The van der Waals surface area contributed by atoms with Crippen molar-refractivity contribution in [3.05, 3.63) is 42.1 Å². The molecule has 2 aromatic heterocycles. The number of ketones is 1. The second kappa shape index (κ2) is 2.65. The Labute approximate surface area is 68.2 Å². The van der Waals surface area contributed by atoms with Gasteiger partial charge >= 0.3 is 0 Å². The normalized spacial score (nSPS) is 10.0. The van der Waals surface area contributed by atoms with E-state index in [1.807, 2.05) is 0 Å². The Balaban J connectivity index is 2.34. The van der Waals surface area contributed by atoms with Gasteiger partial charge in [-0.25, -0.2) is 0 Å². The van der Waals surface area contributed by atoms with Gasteiger partial charge in [0.15, 0.2) is 5.76 Å². The van der Waals surface area contributed by atoms with E-state index in [-0.39, 0.29) is 5.78 Å². The average molecular weight is 162 g/mol. The van der Waals surface area contributed by atoms with Gasteiger partial charge in [0, 0.05) is 6.20 Å². The molecule has 0 radical (unpaired) electrons. The predicted octanol–water partition coefficient (Wildman–Crippen LogP) is 1.23. The smallest absolute Gasteiger partial charge is 0.248 e. The first-order chi connectivity index (χ1) is 5.88. The monoisotopic (exact) mass is 162 g/mol. The van der Waals surface area contributed by atoms with Crippen LogP contribution in [-0.4, -0.2) is 16.0 Å². The summed E-state index contributed by atoms with van der Waals surface area (Å²) >= 11 is 0. The van der Waals surface area contributed by atoms with Crippen LogP contribution in [0.1, 0.15) is 16.2 Å². The SMILES string of the molecule is O=C(c1cc[nH]n1)c1ccco1. The highest BCUT2D eigenvalue weighted by atomic mass is 16.3. The number of rotatable bonds is 2. The molecule has 60 valence electrons. The molecule has 0 amide bonds. The zero-order chi connectivity index (χ0) is 8.39. The largest absolute Gasteiger partial charge is 0.461 e. The maximum atomic E-state index is 11.4. The van der Waals surface area contributed by atoms with Gasteiger partial charge in [-0.1, -0.05) is 0 Å². The first kappa shape index (κ1) is 6.84. The van der Waals surface area contributed by atoms with Crippen molar-refractivity contribution in [3.8, 4) is 0 Å². The molecule has 0 saturated heterocycles. The predicted molar refractivity (Wildman–Crippen MR) is 40.7 cm³/mol. The van der Waals surface area contributed by atoms with Gasteiger partial charge in [0.1, 0.15) is 5.69 Å². The topological polar surface area (TPSA) is 58.9 Å². The molecular formula is C8H6N2O2. The Morgan fingerprint density at radius 2 is 2.42 bits per heavy atom. The van der Waals surface area contributed by atoms with Crippen LogP contribution in [0.5, 0.6) is 0 Å². The number of nitrogens with zero attached hydrogens (tertiary/aromatic N) is 1. The van der Waals surface area contributed by atoms with E-state index in [0.29, 0.717) is 11.5 Å². The van der Waals surface area contributed by atoms with E-state index >= 15 is 0 Å². The molecule has 2 heterocycles. The molecule has 0 aliphatic carbocycles. The summed E-state index contributed by atoms with van der Waals surface area (Å²) in [5.41, 5.74) is 0.366. The number of carbonyl (C=O) groups is 1. The fraction of sp³-hybridized carbons (Fsp3) is 0. The van der Waals surface area contributed by atoms with E-state index in [4.69, 9.17) is 4.42 Å². The number of H-pyrrole nitrogens is 1. The van der Waals surface area contributed by atoms with Gasteiger partial charge in [0.2, 0.25) is 5.78 Å². The third kappa shape index (κ3) is 1.03. The molecular weight excluding hydrogens is 156 g/mol. The molecule has 0 bridgehead atoms. The van der Waals surface area contributed by atoms with Gasteiger partial charge in [-0.3, -0.25) is 9.89 Å². The summed E-state index contributed by atoms with van der Waals surface area (Å²) in [7, 11) is 0. The van der Waals surface area contributed by atoms with Crippen LogP contribution >= 0.6 is 0 Å². The highest BCUT2D eigenvalue weighted by molar-refractivity contribution is 6.05. The van der Waals surface area contributed by atoms with Crippen molar-refractivity contribution >= 4 is 5.78 Å². The van der Waals surface area contributed by atoms with Crippen LogP contribution in [0.4, 0.5) is 0 Å². The Morgan fingerprint density at radius 1 is 1.50 bits per heavy atom. The van der Waals surface area contributed by atoms with Crippen molar-refractivity contribution in [1.29, 1.82) is 0 Å². The van der Waals surface area contributed by atoms with Crippen molar-refractivity contribution in [2.45, 2.75) is 0 Å². The van der Waals surface area contributed by atoms with Crippen LogP contribution in [-0.2, 0) is 0 Å². The Kier molecular flexibility index (Phi) is 1.51. The first-order valence-corrected chi connectivity index (χ1v) is 3.46. The summed E-state index contributed by atoms with van der Waals surface area (Å²) in [6, 6.07) is 4.88. The zero-order valence-corrected chi connectivity index (χ0v) is 6.15. The number of furan rings is 1. The molecule has 0 spiro atoms. The van der Waals surface area contributed by atoms with Gasteiger partial charge < -0.3 is 4.42 Å². The first-order valence-electron chi connectivity index (χ1n) is 3.46. The molecule has 0 aliphatic rings. The Morgan fingerprint density at radius 3 is 3.00 bits per heavy atom. The van der Waals surface area contributed by atoms with Gasteiger partial charge in [0.25, 0.3) is 0 Å². The minimum Gasteiger partial charge on any atom is -0.461 e. The Bertz CT molecular complexity index is 325. The summed E-state index contributed by atoms with van der Waals surface area (Å²) in [6.45, 7) is 0. The summed E-state index contributed by atoms with van der Waals surface area (Å²) in [5, 5.41) is 6.30. The van der Waals surface area contributed by atoms with Crippen LogP contribution < -0.4 is 0 Å². The molecule has 0 saturated carbocycles. The lowest BCUT2D eigenvalue weighted by atomic mass is 10.2. The fourth-order valence-electron chi connectivity index (χ4n) is 0.921. The van der Waals surface area contributed by atoms with E-state index in [0.717, 1.165) is 0 Å². The van der Waals surface area contributed by atoms with Crippen molar-refractivity contribution in [2.24, 2.45) is 0 Å². The van der Waals surface area contributed by atoms with E-state index in [2.05, 4.69) is 10.2 Å². The lowest BCUT2D eigenvalue weighted by Gasteiger charge is -1.88. The maximum Gasteiger partial charge on any atom is 0.248 e. The maximum absolute atomic E-state index is 11.4. The molecule has 0 aromatic carbocycles. The van der Waals surface area contributed by atoms with Crippen LogP contribution in [0.3, 0.4) is 0 Å². The second-order valence-corrected chi connectivity index (χ2v) is 2.27. The lowest BCUT2D eigenvalue weighted by Crippen LogP contribution is -1.99. The van der Waals surface area contributed by atoms with E-state index < -0.39 is 0 Å². The second-order valence-electron chi connectivity index (χ2n) is 2.27. The minimum absolute atomic E-state index is 0.207. The summed E-state index contributed by atoms with van der Waals surface area (Å²) < 4.78 is 4.92. The molecule has 0 fully saturated rings. The molecule has 12 heavy (non-hydrogen) atoms. The average Bonchev–Trinajstić information content (AvgIpc) is 2.77. The molecule has 2 rings (SSSR count). The highest BCUT2D eigenvalue weighted by Crippen LogP contribution is 2.06. The molecule has 0 aliphatic heterocycles. The van der Waals surface area contributed by atoms with Crippen LogP contribution in [0.2, 0.25) is 0 Å². The van der Waals surface area contributed by atoms with Gasteiger partial charge in [-0.15, -0.1) is 0 Å². The number of carbonyl (C=O) groups excluding carboxylic acids is 1. The van der Waals surface area contributed by atoms with Gasteiger partial charge in [-0.05, 0) is 18.2 Å². The number of hydrogen-bond acceptors (Lipinski definition) is 3. The summed E-state index contributed by atoms with van der Waals surface area (Å²) in [6.07, 6.45) is 3.05. The molecule has 4 nitrogen and oxygen atoms in total. The number of aromatic nitrogens is 2. The van der Waals surface area contributed by atoms with E-state index in [9.17, 15) is 4.79 Å². The third-order valence-electron chi connectivity index (χ3n) is 1.48. The molecule has 1 N–H and O–H groups in total. The quantitative estimate of drug-likeness (QED) is 0.675.